The molecule has 1 heterocycles. The SMILES string of the molecule is COc1cc(/C=C2\SC(=O)N(CCNC(=O)[C@H]3C[C@H]3C)C2=O)cc(OC)c1OC. The number of rotatable bonds is 8. The molecule has 0 unspecified atom stereocenters. The van der Waals surface area contributed by atoms with E-state index in [9.17, 15) is 14.4 Å². The molecule has 0 aromatic heterocycles. The average Bonchev–Trinajstić information content (AvgIpc) is 3.39. The van der Waals surface area contributed by atoms with Gasteiger partial charge in [0.15, 0.2) is 11.5 Å². The summed E-state index contributed by atoms with van der Waals surface area (Å²) in [5, 5.41) is 2.43. The molecule has 1 aliphatic heterocycles. The quantitative estimate of drug-likeness (QED) is 0.646. The van der Waals surface area contributed by atoms with E-state index >= 15 is 0 Å². The van der Waals surface area contributed by atoms with Gasteiger partial charge in [-0.2, -0.15) is 0 Å². The molecular formula is C20H24N2O6S. The second kappa shape index (κ2) is 8.77. The standard InChI is InChI=1S/C20H24N2O6S/c1-11-7-13(11)18(23)21-5-6-22-19(24)16(29-20(22)25)10-12-8-14(26-2)17(28-4)15(9-12)27-3/h8-11,13H,5-7H2,1-4H3,(H,21,23)/b16-10-/t11-,13+/m1/s1. The number of carbonyl (C=O) groups excluding carboxylic acids is 3. The number of ether oxygens (including phenoxy) is 3. The second-order valence-electron chi connectivity index (χ2n) is 6.90. The minimum atomic E-state index is -0.386. The van der Waals surface area contributed by atoms with Gasteiger partial charge in [-0.3, -0.25) is 19.3 Å². The van der Waals surface area contributed by atoms with Crippen molar-refractivity contribution in [2.45, 2.75) is 13.3 Å². The first kappa shape index (κ1) is 21.0. The molecule has 9 heteroatoms. The molecule has 1 aromatic rings. The van der Waals surface area contributed by atoms with E-state index in [2.05, 4.69) is 5.32 Å². The van der Waals surface area contributed by atoms with Crippen LogP contribution >= 0.6 is 11.8 Å². The molecule has 0 bridgehead atoms. The first-order valence-electron chi connectivity index (χ1n) is 9.22. The first-order valence-corrected chi connectivity index (χ1v) is 10.0. The number of hydrogen-bond acceptors (Lipinski definition) is 7. The van der Waals surface area contributed by atoms with Crippen molar-refractivity contribution < 1.29 is 28.6 Å². The molecule has 1 aliphatic carbocycles. The zero-order valence-electron chi connectivity index (χ0n) is 16.8. The van der Waals surface area contributed by atoms with Crippen LogP contribution in [0.5, 0.6) is 17.2 Å². The van der Waals surface area contributed by atoms with Crippen molar-refractivity contribution >= 4 is 34.9 Å². The van der Waals surface area contributed by atoms with Gasteiger partial charge in [0.1, 0.15) is 0 Å². The predicted octanol–water partition coefficient (Wildman–Crippen LogP) is 2.52. The lowest BCUT2D eigenvalue weighted by atomic mass is 10.1. The summed E-state index contributed by atoms with van der Waals surface area (Å²) in [4.78, 5) is 38.2. The predicted molar refractivity (Wildman–Crippen MR) is 109 cm³/mol. The topological polar surface area (TPSA) is 94.2 Å². The molecule has 2 aliphatic rings. The lowest BCUT2D eigenvalue weighted by molar-refractivity contribution is -0.125. The molecule has 0 spiro atoms. The number of methoxy groups -OCH3 is 3. The van der Waals surface area contributed by atoms with Crippen LogP contribution in [-0.2, 0) is 9.59 Å². The molecule has 2 atom stereocenters. The Balaban J connectivity index is 1.70. The summed E-state index contributed by atoms with van der Waals surface area (Å²) in [5.74, 6) is 1.42. The number of nitrogens with zero attached hydrogens (tertiary/aromatic N) is 1. The Morgan fingerprint density at radius 1 is 1.21 bits per heavy atom. The lowest BCUT2D eigenvalue weighted by Gasteiger charge is -2.13. The van der Waals surface area contributed by atoms with Crippen molar-refractivity contribution in [2.75, 3.05) is 34.4 Å². The Labute approximate surface area is 173 Å². The van der Waals surface area contributed by atoms with Crippen molar-refractivity contribution in [3.05, 3.63) is 22.6 Å². The zero-order chi connectivity index (χ0) is 21.1. The fourth-order valence-electron chi connectivity index (χ4n) is 3.14. The highest BCUT2D eigenvalue weighted by Gasteiger charge is 2.39. The van der Waals surface area contributed by atoms with Gasteiger partial charge in [-0.1, -0.05) is 6.92 Å². The summed E-state index contributed by atoms with van der Waals surface area (Å²) in [7, 11) is 4.52. The van der Waals surface area contributed by atoms with E-state index in [1.165, 1.54) is 21.3 Å². The third kappa shape index (κ3) is 4.50. The summed E-state index contributed by atoms with van der Waals surface area (Å²) >= 11 is 0.864. The number of thioether (sulfide) groups is 1. The zero-order valence-corrected chi connectivity index (χ0v) is 17.6. The maximum atomic E-state index is 12.6. The molecule has 29 heavy (non-hydrogen) atoms. The van der Waals surface area contributed by atoms with E-state index in [-0.39, 0.29) is 36.1 Å². The fraction of sp³-hybridized carbons (Fsp3) is 0.450. The van der Waals surface area contributed by atoms with Gasteiger partial charge in [-0.05, 0) is 47.9 Å². The largest absolute Gasteiger partial charge is 0.493 e. The van der Waals surface area contributed by atoms with Crippen molar-refractivity contribution in [3.8, 4) is 17.2 Å². The van der Waals surface area contributed by atoms with Crippen LogP contribution < -0.4 is 19.5 Å². The second-order valence-corrected chi connectivity index (χ2v) is 7.90. The molecule has 3 amide bonds. The summed E-state index contributed by atoms with van der Waals surface area (Å²) in [5.41, 5.74) is 0.640. The van der Waals surface area contributed by atoms with Gasteiger partial charge in [-0.25, -0.2) is 0 Å². The third-order valence-corrected chi connectivity index (χ3v) is 5.85. The van der Waals surface area contributed by atoms with Crippen LogP contribution in [0.15, 0.2) is 17.0 Å². The smallest absolute Gasteiger partial charge is 0.293 e. The number of imide groups is 1. The van der Waals surface area contributed by atoms with Crippen molar-refractivity contribution in [1.82, 2.24) is 10.2 Å². The van der Waals surface area contributed by atoms with Gasteiger partial charge >= 0.3 is 0 Å². The Morgan fingerprint density at radius 3 is 2.34 bits per heavy atom. The van der Waals surface area contributed by atoms with E-state index in [1.807, 2.05) is 6.92 Å². The van der Waals surface area contributed by atoms with E-state index in [0.29, 0.717) is 33.6 Å². The lowest BCUT2D eigenvalue weighted by Crippen LogP contribution is -2.37. The summed E-state index contributed by atoms with van der Waals surface area (Å²) in [6.07, 6.45) is 2.50. The molecule has 1 N–H and O–H groups in total. The Morgan fingerprint density at radius 2 is 1.83 bits per heavy atom. The highest BCUT2D eigenvalue weighted by atomic mass is 32.2. The maximum absolute atomic E-state index is 12.6. The molecule has 8 nitrogen and oxygen atoms in total. The normalized spacial score (nSPS) is 22.1. The van der Waals surface area contributed by atoms with Gasteiger partial charge in [-0.15, -0.1) is 0 Å². The van der Waals surface area contributed by atoms with Crippen LogP contribution in [0.25, 0.3) is 6.08 Å². The summed E-state index contributed by atoms with van der Waals surface area (Å²) in [6, 6.07) is 3.40. The van der Waals surface area contributed by atoms with Gasteiger partial charge in [0, 0.05) is 19.0 Å². The van der Waals surface area contributed by atoms with E-state index in [1.54, 1.807) is 18.2 Å². The molecular weight excluding hydrogens is 396 g/mol. The van der Waals surface area contributed by atoms with Crippen LogP contribution in [0, 0.1) is 11.8 Å². The van der Waals surface area contributed by atoms with Crippen molar-refractivity contribution in [3.63, 3.8) is 0 Å². The van der Waals surface area contributed by atoms with Gasteiger partial charge < -0.3 is 19.5 Å². The van der Waals surface area contributed by atoms with Gasteiger partial charge in [0.25, 0.3) is 11.1 Å². The number of nitrogens with one attached hydrogen (secondary N) is 1. The first-order chi connectivity index (χ1) is 13.9. The van der Waals surface area contributed by atoms with E-state index in [0.717, 1.165) is 23.1 Å². The Hall–Kier alpha value is -2.68. The molecule has 3 rings (SSSR count). The van der Waals surface area contributed by atoms with Crippen LogP contribution in [0.3, 0.4) is 0 Å². The maximum Gasteiger partial charge on any atom is 0.293 e. The average molecular weight is 420 g/mol. The fourth-order valence-corrected chi connectivity index (χ4v) is 4.00. The summed E-state index contributed by atoms with van der Waals surface area (Å²) in [6.45, 7) is 2.41. The minimum Gasteiger partial charge on any atom is -0.493 e. The molecule has 2 fully saturated rings. The molecule has 0 radical (unpaired) electrons. The van der Waals surface area contributed by atoms with E-state index in [4.69, 9.17) is 14.2 Å². The van der Waals surface area contributed by atoms with Crippen LogP contribution in [-0.4, -0.2) is 56.4 Å². The molecule has 1 saturated heterocycles. The number of carbonyl (C=O) groups is 3. The highest BCUT2D eigenvalue weighted by molar-refractivity contribution is 8.18. The number of amides is 3. The third-order valence-electron chi connectivity index (χ3n) is 4.94. The van der Waals surface area contributed by atoms with Crippen LogP contribution in [0.4, 0.5) is 4.79 Å². The van der Waals surface area contributed by atoms with Crippen LogP contribution in [0.1, 0.15) is 18.9 Å². The molecule has 1 saturated carbocycles. The molecule has 1 aromatic carbocycles. The highest BCUT2D eigenvalue weighted by Crippen LogP contribution is 2.40. The van der Waals surface area contributed by atoms with Gasteiger partial charge in [0.05, 0.1) is 26.2 Å². The number of benzene rings is 1. The Bertz CT molecular complexity index is 844. The number of hydrogen-bond donors (Lipinski definition) is 1. The van der Waals surface area contributed by atoms with Gasteiger partial charge in [0.2, 0.25) is 11.7 Å². The summed E-state index contributed by atoms with van der Waals surface area (Å²) < 4.78 is 15.9. The van der Waals surface area contributed by atoms with Crippen LogP contribution in [0.2, 0.25) is 0 Å². The van der Waals surface area contributed by atoms with Crippen molar-refractivity contribution in [1.29, 1.82) is 0 Å². The van der Waals surface area contributed by atoms with E-state index < -0.39 is 0 Å². The Kier molecular flexibility index (Phi) is 6.36. The minimum absolute atomic E-state index is 0.0163. The van der Waals surface area contributed by atoms with Crippen molar-refractivity contribution in [2.24, 2.45) is 11.8 Å². The molecule has 156 valence electrons. The monoisotopic (exact) mass is 420 g/mol.